The number of hydrogen-bond acceptors (Lipinski definition) is 4. The van der Waals surface area contributed by atoms with Crippen LogP contribution in [0.3, 0.4) is 0 Å². The molecule has 0 radical (unpaired) electrons. The number of carbonyl (C=O) groups excluding carboxylic acids is 2. The first kappa shape index (κ1) is 22.6. The molecule has 29 heavy (non-hydrogen) atoms. The second kappa shape index (κ2) is 10.2. The van der Waals surface area contributed by atoms with Crippen LogP contribution in [0.5, 0.6) is 0 Å². The predicted molar refractivity (Wildman–Crippen MR) is 114 cm³/mol. The minimum Gasteiger partial charge on any atom is -0.350 e. The van der Waals surface area contributed by atoms with Gasteiger partial charge in [0.15, 0.2) is 0 Å². The third-order valence-electron chi connectivity index (χ3n) is 4.43. The topological polar surface area (TPSA) is 95.6 Å². The van der Waals surface area contributed by atoms with Gasteiger partial charge in [-0.15, -0.1) is 0 Å². The number of sulfonamides is 1. The Morgan fingerprint density at radius 3 is 2.28 bits per heavy atom. The summed E-state index contributed by atoms with van der Waals surface area (Å²) in [6, 6.07) is 15.7. The summed E-state index contributed by atoms with van der Waals surface area (Å²) in [5, 5.41) is 5.53. The Hall–Kier alpha value is -2.71. The number of benzene rings is 2. The van der Waals surface area contributed by atoms with Crippen molar-refractivity contribution in [2.45, 2.75) is 32.9 Å². The highest BCUT2D eigenvalue weighted by Crippen LogP contribution is 2.16. The second-order valence-electron chi connectivity index (χ2n) is 6.89. The summed E-state index contributed by atoms with van der Waals surface area (Å²) >= 11 is 0. The molecule has 0 saturated heterocycles. The maximum Gasteiger partial charge on any atom is 0.253 e. The molecule has 2 N–H and O–H groups in total. The summed E-state index contributed by atoms with van der Waals surface area (Å²) in [6.45, 7) is 3.59. The normalized spacial score (nSPS) is 12.4. The van der Waals surface area contributed by atoms with E-state index >= 15 is 0 Å². The molecule has 0 aliphatic carbocycles. The first-order chi connectivity index (χ1) is 13.7. The molecule has 0 aromatic heterocycles. The molecule has 0 saturated carbocycles. The maximum atomic E-state index is 12.6. The van der Waals surface area contributed by atoms with Gasteiger partial charge in [0.25, 0.3) is 5.91 Å². The minimum atomic E-state index is -3.60. The van der Waals surface area contributed by atoms with Gasteiger partial charge in [-0.05, 0) is 31.0 Å². The average Bonchev–Trinajstić information content (AvgIpc) is 2.67. The summed E-state index contributed by atoms with van der Waals surface area (Å²) in [4.78, 5) is 25.0. The fourth-order valence-corrected chi connectivity index (χ4v) is 3.36. The van der Waals surface area contributed by atoms with Gasteiger partial charge in [-0.3, -0.25) is 9.59 Å². The predicted octanol–water partition coefficient (Wildman–Crippen LogP) is 2.62. The lowest BCUT2D eigenvalue weighted by Crippen LogP contribution is -2.37. The lowest BCUT2D eigenvalue weighted by atomic mass is 10.1. The quantitative estimate of drug-likeness (QED) is 0.656. The first-order valence-corrected chi connectivity index (χ1v) is 11.2. The van der Waals surface area contributed by atoms with E-state index in [0.717, 1.165) is 22.5 Å². The highest BCUT2D eigenvalue weighted by atomic mass is 32.2. The van der Waals surface area contributed by atoms with E-state index in [2.05, 4.69) is 10.6 Å². The lowest BCUT2D eigenvalue weighted by molar-refractivity contribution is -0.116. The SMILES string of the molecule is CC[C@H](C)NC(=O)c1ccccc1NC(=O)CN(Cc1ccccc1)S(C)(=O)=O. The Morgan fingerprint density at radius 1 is 1.03 bits per heavy atom. The molecule has 0 heterocycles. The van der Waals surface area contributed by atoms with E-state index in [0.29, 0.717) is 11.3 Å². The number of carbonyl (C=O) groups is 2. The van der Waals surface area contributed by atoms with E-state index in [-0.39, 0.29) is 25.0 Å². The van der Waals surface area contributed by atoms with Crippen LogP contribution in [0.4, 0.5) is 5.69 Å². The van der Waals surface area contributed by atoms with E-state index < -0.39 is 15.9 Å². The van der Waals surface area contributed by atoms with Crippen molar-refractivity contribution in [1.29, 1.82) is 0 Å². The van der Waals surface area contributed by atoms with Gasteiger partial charge in [0, 0.05) is 12.6 Å². The van der Waals surface area contributed by atoms with Crippen LogP contribution in [-0.4, -0.2) is 43.4 Å². The molecule has 1 atom stereocenters. The Morgan fingerprint density at radius 2 is 1.66 bits per heavy atom. The fourth-order valence-electron chi connectivity index (χ4n) is 2.62. The number of hydrogen-bond donors (Lipinski definition) is 2. The van der Waals surface area contributed by atoms with Crippen LogP contribution < -0.4 is 10.6 Å². The molecular formula is C21H27N3O4S. The zero-order chi connectivity index (χ0) is 21.4. The molecule has 0 bridgehead atoms. The van der Waals surface area contributed by atoms with Crippen molar-refractivity contribution in [1.82, 2.24) is 9.62 Å². The second-order valence-corrected chi connectivity index (χ2v) is 8.88. The Labute approximate surface area is 172 Å². The van der Waals surface area contributed by atoms with E-state index in [4.69, 9.17) is 0 Å². The van der Waals surface area contributed by atoms with Crippen LogP contribution >= 0.6 is 0 Å². The standard InChI is InChI=1S/C21H27N3O4S/c1-4-16(2)22-21(26)18-12-8-9-13-19(18)23-20(25)15-24(29(3,27)28)14-17-10-6-5-7-11-17/h5-13,16H,4,14-15H2,1-3H3,(H,22,26)(H,23,25)/t16-/m0/s1. The highest BCUT2D eigenvalue weighted by Gasteiger charge is 2.22. The van der Waals surface area contributed by atoms with Gasteiger partial charge in [-0.25, -0.2) is 8.42 Å². The Kier molecular flexibility index (Phi) is 7.92. The largest absolute Gasteiger partial charge is 0.350 e. The summed E-state index contributed by atoms with van der Waals surface area (Å²) in [6.07, 6.45) is 1.85. The van der Waals surface area contributed by atoms with Crippen LogP contribution in [0, 0.1) is 0 Å². The van der Waals surface area contributed by atoms with Gasteiger partial charge in [0.2, 0.25) is 15.9 Å². The van der Waals surface area contributed by atoms with Crippen molar-refractivity contribution in [3.63, 3.8) is 0 Å². The van der Waals surface area contributed by atoms with Gasteiger partial charge in [-0.2, -0.15) is 4.31 Å². The van der Waals surface area contributed by atoms with Gasteiger partial charge in [-0.1, -0.05) is 49.4 Å². The third-order valence-corrected chi connectivity index (χ3v) is 5.62. The maximum absolute atomic E-state index is 12.6. The molecule has 0 aliphatic heterocycles. The lowest BCUT2D eigenvalue weighted by Gasteiger charge is -2.20. The molecule has 0 aliphatic rings. The monoisotopic (exact) mass is 417 g/mol. The summed E-state index contributed by atoms with van der Waals surface area (Å²) in [5.41, 5.74) is 1.45. The summed E-state index contributed by atoms with van der Waals surface area (Å²) in [5.74, 6) is -0.811. The van der Waals surface area contributed by atoms with Crippen molar-refractivity contribution < 1.29 is 18.0 Å². The molecule has 0 spiro atoms. The smallest absolute Gasteiger partial charge is 0.253 e. The van der Waals surface area contributed by atoms with Gasteiger partial charge in [0.1, 0.15) is 0 Å². The van der Waals surface area contributed by atoms with Crippen molar-refractivity contribution in [2.75, 3.05) is 18.1 Å². The molecule has 7 nitrogen and oxygen atoms in total. The van der Waals surface area contributed by atoms with E-state index in [1.165, 1.54) is 0 Å². The molecule has 8 heteroatoms. The summed E-state index contributed by atoms with van der Waals surface area (Å²) < 4.78 is 25.4. The number of amides is 2. The van der Waals surface area contributed by atoms with Crippen molar-refractivity contribution in [2.24, 2.45) is 0 Å². The van der Waals surface area contributed by atoms with Crippen molar-refractivity contribution >= 4 is 27.5 Å². The zero-order valence-corrected chi connectivity index (χ0v) is 17.7. The third kappa shape index (κ3) is 6.99. The molecule has 0 unspecified atom stereocenters. The van der Waals surface area contributed by atoms with Crippen LogP contribution in [0.1, 0.15) is 36.2 Å². The van der Waals surface area contributed by atoms with Crippen molar-refractivity contribution in [3.05, 3.63) is 65.7 Å². The van der Waals surface area contributed by atoms with E-state index in [1.807, 2.05) is 32.0 Å². The van der Waals surface area contributed by atoms with Crippen LogP contribution in [-0.2, 0) is 21.4 Å². The molecule has 2 amide bonds. The molecule has 2 aromatic rings. The van der Waals surface area contributed by atoms with Gasteiger partial charge in [0.05, 0.1) is 24.1 Å². The zero-order valence-electron chi connectivity index (χ0n) is 16.9. The van der Waals surface area contributed by atoms with E-state index in [9.17, 15) is 18.0 Å². The van der Waals surface area contributed by atoms with Crippen LogP contribution in [0.2, 0.25) is 0 Å². The Bertz CT molecular complexity index is 945. The molecule has 2 aromatic carbocycles. The van der Waals surface area contributed by atoms with Gasteiger partial charge < -0.3 is 10.6 Å². The summed E-state index contributed by atoms with van der Waals surface area (Å²) in [7, 11) is -3.60. The van der Waals surface area contributed by atoms with E-state index in [1.54, 1.807) is 36.4 Å². The molecular weight excluding hydrogens is 390 g/mol. The minimum absolute atomic E-state index is 0.00199. The first-order valence-electron chi connectivity index (χ1n) is 9.39. The van der Waals surface area contributed by atoms with Gasteiger partial charge >= 0.3 is 0 Å². The number of nitrogens with one attached hydrogen (secondary N) is 2. The average molecular weight is 418 g/mol. The number of rotatable bonds is 9. The highest BCUT2D eigenvalue weighted by molar-refractivity contribution is 7.88. The molecule has 0 fully saturated rings. The molecule has 156 valence electrons. The number of anilines is 1. The fraction of sp³-hybridized carbons (Fsp3) is 0.333. The number of para-hydroxylation sites is 1. The van der Waals surface area contributed by atoms with Crippen LogP contribution in [0.15, 0.2) is 54.6 Å². The number of nitrogens with zero attached hydrogens (tertiary/aromatic N) is 1. The van der Waals surface area contributed by atoms with Crippen molar-refractivity contribution in [3.8, 4) is 0 Å². The van der Waals surface area contributed by atoms with Crippen LogP contribution in [0.25, 0.3) is 0 Å². The Balaban J connectivity index is 2.13. The molecule has 2 rings (SSSR count).